The van der Waals surface area contributed by atoms with E-state index >= 15 is 0 Å². The normalized spacial score (nSPS) is 24.0. The molecule has 2 aliphatic rings. The highest BCUT2D eigenvalue weighted by atomic mass is 16.3. The maximum atomic E-state index is 12.5. The number of amides is 1. The number of rotatable bonds is 6. The van der Waals surface area contributed by atoms with E-state index in [1.807, 2.05) is 18.2 Å². The van der Waals surface area contributed by atoms with Gasteiger partial charge < -0.3 is 10.4 Å². The molecule has 120 valence electrons. The Hall–Kier alpha value is -1.39. The number of carbonyl (C=O) groups excluding carboxylic acids is 1. The van der Waals surface area contributed by atoms with Crippen molar-refractivity contribution in [2.45, 2.75) is 44.2 Å². The fraction of sp³-hybridized carbons (Fsp3) is 0.611. The van der Waals surface area contributed by atoms with Crippen LogP contribution >= 0.6 is 0 Å². The number of aliphatic hydroxyl groups excluding tert-OH is 1. The average Bonchev–Trinajstić information content (AvgIpc) is 3.39. The van der Waals surface area contributed by atoms with Gasteiger partial charge in [0, 0.05) is 6.04 Å². The van der Waals surface area contributed by atoms with Crippen molar-refractivity contribution in [1.82, 2.24) is 10.2 Å². The topological polar surface area (TPSA) is 52.6 Å². The van der Waals surface area contributed by atoms with Crippen LogP contribution in [0.5, 0.6) is 0 Å². The molecule has 2 unspecified atom stereocenters. The van der Waals surface area contributed by atoms with Crippen LogP contribution in [0.2, 0.25) is 0 Å². The van der Waals surface area contributed by atoms with Gasteiger partial charge in [-0.05, 0) is 43.7 Å². The molecule has 2 atom stereocenters. The van der Waals surface area contributed by atoms with Crippen LogP contribution in [0.15, 0.2) is 30.3 Å². The summed E-state index contributed by atoms with van der Waals surface area (Å²) in [5.41, 5.74) is 1.20. The third-order valence-electron chi connectivity index (χ3n) is 4.88. The third kappa shape index (κ3) is 3.87. The number of likely N-dealkylation sites (tertiary alicyclic amines) is 1. The van der Waals surface area contributed by atoms with Crippen molar-refractivity contribution < 1.29 is 9.90 Å². The maximum absolute atomic E-state index is 12.5. The summed E-state index contributed by atoms with van der Waals surface area (Å²) < 4.78 is 0. The van der Waals surface area contributed by atoms with Crippen LogP contribution in [0.1, 0.15) is 43.7 Å². The van der Waals surface area contributed by atoms with Gasteiger partial charge in [-0.2, -0.15) is 0 Å². The van der Waals surface area contributed by atoms with Crippen LogP contribution in [0, 0.1) is 5.92 Å². The Morgan fingerprint density at radius 3 is 2.68 bits per heavy atom. The SMILES string of the molecule is O=C(CN1CCCCC1CO)NC(c1ccccc1)C1CC1. The number of hydrogen-bond donors (Lipinski definition) is 2. The highest BCUT2D eigenvalue weighted by molar-refractivity contribution is 5.78. The number of nitrogens with zero attached hydrogens (tertiary/aromatic N) is 1. The molecule has 1 heterocycles. The second-order valence-electron chi connectivity index (χ2n) is 6.60. The molecule has 0 aromatic heterocycles. The fourth-order valence-corrected chi connectivity index (χ4v) is 3.44. The average molecular weight is 302 g/mol. The zero-order chi connectivity index (χ0) is 15.4. The number of hydrogen-bond acceptors (Lipinski definition) is 3. The molecular formula is C18H26N2O2. The molecule has 1 aliphatic heterocycles. The van der Waals surface area contributed by atoms with Gasteiger partial charge in [-0.15, -0.1) is 0 Å². The first-order valence-electron chi connectivity index (χ1n) is 8.47. The fourth-order valence-electron chi connectivity index (χ4n) is 3.44. The van der Waals surface area contributed by atoms with Crippen molar-refractivity contribution in [2.24, 2.45) is 5.92 Å². The Kier molecular flexibility index (Phi) is 5.11. The van der Waals surface area contributed by atoms with Gasteiger partial charge in [-0.25, -0.2) is 0 Å². The third-order valence-corrected chi connectivity index (χ3v) is 4.88. The Balaban J connectivity index is 1.59. The molecule has 3 rings (SSSR count). The molecule has 0 spiro atoms. The summed E-state index contributed by atoms with van der Waals surface area (Å²) in [4.78, 5) is 14.6. The first-order chi connectivity index (χ1) is 10.8. The first-order valence-corrected chi connectivity index (χ1v) is 8.47. The summed E-state index contributed by atoms with van der Waals surface area (Å²) >= 11 is 0. The molecule has 22 heavy (non-hydrogen) atoms. The Labute approximate surface area is 132 Å². The van der Waals surface area contributed by atoms with E-state index in [0.29, 0.717) is 12.5 Å². The molecule has 4 nitrogen and oxygen atoms in total. The second-order valence-corrected chi connectivity index (χ2v) is 6.60. The Bertz CT molecular complexity index is 487. The molecule has 2 fully saturated rings. The molecule has 4 heteroatoms. The van der Waals surface area contributed by atoms with Crippen LogP contribution in [0.4, 0.5) is 0 Å². The van der Waals surface area contributed by atoms with E-state index in [-0.39, 0.29) is 24.6 Å². The van der Waals surface area contributed by atoms with Crippen molar-refractivity contribution in [3.05, 3.63) is 35.9 Å². The minimum absolute atomic E-state index is 0.0844. The highest BCUT2D eigenvalue weighted by Gasteiger charge is 2.34. The van der Waals surface area contributed by atoms with Crippen molar-refractivity contribution in [3.63, 3.8) is 0 Å². The van der Waals surface area contributed by atoms with Crippen molar-refractivity contribution in [2.75, 3.05) is 19.7 Å². The Morgan fingerprint density at radius 2 is 2.00 bits per heavy atom. The van der Waals surface area contributed by atoms with Crippen LogP contribution in [0.3, 0.4) is 0 Å². The van der Waals surface area contributed by atoms with Crippen LogP contribution in [0.25, 0.3) is 0 Å². The predicted octanol–water partition coefficient (Wildman–Crippen LogP) is 2.10. The van der Waals surface area contributed by atoms with E-state index in [2.05, 4.69) is 22.3 Å². The number of piperidine rings is 1. The van der Waals surface area contributed by atoms with Crippen LogP contribution < -0.4 is 5.32 Å². The smallest absolute Gasteiger partial charge is 0.234 e. The van der Waals surface area contributed by atoms with Gasteiger partial charge in [0.2, 0.25) is 5.91 Å². The molecular weight excluding hydrogens is 276 g/mol. The molecule has 1 amide bonds. The predicted molar refractivity (Wildman–Crippen MR) is 86.3 cm³/mol. The van der Waals surface area contributed by atoms with Gasteiger partial charge in [0.05, 0.1) is 19.2 Å². The van der Waals surface area contributed by atoms with E-state index in [1.54, 1.807) is 0 Å². The van der Waals surface area contributed by atoms with Crippen molar-refractivity contribution in [3.8, 4) is 0 Å². The summed E-state index contributed by atoms with van der Waals surface area (Å²) in [5.74, 6) is 0.669. The molecule has 1 aliphatic carbocycles. The van der Waals surface area contributed by atoms with Gasteiger partial charge in [0.25, 0.3) is 0 Å². The maximum Gasteiger partial charge on any atom is 0.234 e. The quantitative estimate of drug-likeness (QED) is 0.846. The minimum Gasteiger partial charge on any atom is -0.395 e. The lowest BCUT2D eigenvalue weighted by Gasteiger charge is -2.34. The van der Waals surface area contributed by atoms with Crippen molar-refractivity contribution >= 4 is 5.91 Å². The number of benzene rings is 1. The van der Waals surface area contributed by atoms with E-state index in [9.17, 15) is 9.90 Å². The summed E-state index contributed by atoms with van der Waals surface area (Å²) in [6.07, 6.45) is 5.66. The van der Waals surface area contributed by atoms with Gasteiger partial charge in [-0.3, -0.25) is 9.69 Å². The number of carbonyl (C=O) groups is 1. The monoisotopic (exact) mass is 302 g/mol. The van der Waals surface area contributed by atoms with E-state index < -0.39 is 0 Å². The van der Waals surface area contributed by atoms with Gasteiger partial charge >= 0.3 is 0 Å². The largest absolute Gasteiger partial charge is 0.395 e. The van der Waals surface area contributed by atoms with E-state index in [0.717, 1.165) is 25.8 Å². The molecule has 0 bridgehead atoms. The molecule has 2 N–H and O–H groups in total. The summed E-state index contributed by atoms with van der Waals surface area (Å²) in [6, 6.07) is 10.6. The number of aliphatic hydroxyl groups is 1. The molecule has 1 saturated carbocycles. The van der Waals surface area contributed by atoms with Crippen molar-refractivity contribution in [1.29, 1.82) is 0 Å². The zero-order valence-electron chi connectivity index (χ0n) is 13.1. The first kappa shape index (κ1) is 15.5. The zero-order valence-corrected chi connectivity index (χ0v) is 13.1. The molecule has 1 saturated heterocycles. The molecule has 1 aromatic carbocycles. The second kappa shape index (κ2) is 7.25. The summed E-state index contributed by atoms with van der Waals surface area (Å²) in [6.45, 7) is 1.47. The number of nitrogens with one attached hydrogen (secondary N) is 1. The lowest BCUT2D eigenvalue weighted by atomic mass is 10.0. The summed E-state index contributed by atoms with van der Waals surface area (Å²) in [7, 11) is 0. The van der Waals surface area contributed by atoms with Gasteiger partial charge in [0.1, 0.15) is 0 Å². The van der Waals surface area contributed by atoms with E-state index in [1.165, 1.54) is 18.4 Å². The van der Waals surface area contributed by atoms with E-state index in [4.69, 9.17) is 0 Å². The lowest BCUT2D eigenvalue weighted by molar-refractivity contribution is -0.124. The minimum atomic E-state index is 0.0844. The lowest BCUT2D eigenvalue weighted by Crippen LogP contribution is -2.47. The highest BCUT2D eigenvalue weighted by Crippen LogP contribution is 2.40. The van der Waals surface area contributed by atoms with Crippen LogP contribution in [-0.4, -0.2) is 41.7 Å². The van der Waals surface area contributed by atoms with Gasteiger partial charge in [0.15, 0.2) is 0 Å². The standard InChI is InChI=1S/C18H26N2O2/c21-13-16-8-4-5-11-20(16)12-17(22)19-18(15-9-10-15)14-6-2-1-3-7-14/h1-3,6-7,15-16,18,21H,4-5,8-13H2,(H,19,22). The summed E-state index contributed by atoms with van der Waals surface area (Å²) in [5, 5.41) is 12.7. The molecule has 1 aromatic rings. The van der Waals surface area contributed by atoms with Gasteiger partial charge in [-0.1, -0.05) is 36.8 Å². The van der Waals surface area contributed by atoms with Crippen LogP contribution in [-0.2, 0) is 4.79 Å². The Morgan fingerprint density at radius 1 is 1.23 bits per heavy atom. The molecule has 0 radical (unpaired) electrons.